The topological polar surface area (TPSA) is 58.6 Å². The molecule has 1 saturated heterocycles. The van der Waals surface area contributed by atoms with Crippen LogP contribution in [0.25, 0.3) is 6.08 Å². The van der Waals surface area contributed by atoms with Crippen molar-refractivity contribution in [1.82, 2.24) is 10.2 Å². The fraction of sp³-hybridized carbons (Fsp3) is 0.0500. The lowest BCUT2D eigenvalue weighted by Gasteiger charge is -2.27. The molecule has 1 aliphatic rings. The minimum Gasteiger partial charge on any atom is -0.457 e. The number of halogens is 2. The molecule has 1 fully saturated rings. The number of hydrogen-bond donors (Lipinski definition) is 1. The van der Waals surface area contributed by atoms with Crippen molar-refractivity contribution in [3.05, 3.63) is 77.9 Å². The summed E-state index contributed by atoms with van der Waals surface area (Å²) in [6.07, 6.45) is 2.84. The van der Waals surface area contributed by atoms with E-state index in [1.807, 2.05) is 0 Å². The van der Waals surface area contributed by atoms with Crippen molar-refractivity contribution in [2.24, 2.45) is 0 Å². The summed E-state index contributed by atoms with van der Waals surface area (Å²) in [6.45, 7) is 3.70. The third-order valence-electron chi connectivity index (χ3n) is 3.84. The minimum absolute atomic E-state index is 0.00151. The van der Waals surface area contributed by atoms with E-state index in [0.717, 1.165) is 12.1 Å². The highest BCUT2D eigenvalue weighted by Gasteiger charge is 2.32. The Morgan fingerprint density at radius 1 is 1.14 bits per heavy atom. The zero-order valence-electron chi connectivity index (χ0n) is 14.4. The molecule has 0 spiro atoms. The molecule has 5 nitrogen and oxygen atoms in total. The molecule has 28 heavy (non-hydrogen) atoms. The largest absolute Gasteiger partial charge is 0.457 e. The summed E-state index contributed by atoms with van der Waals surface area (Å²) >= 11 is 5.01. The molecule has 2 amide bonds. The van der Waals surface area contributed by atoms with Gasteiger partial charge in [0.2, 0.25) is 0 Å². The Hall–Kier alpha value is -3.39. The molecule has 0 unspecified atom stereocenters. The lowest BCUT2D eigenvalue weighted by atomic mass is 10.1. The van der Waals surface area contributed by atoms with Gasteiger partial charge in [-0.15, -0.1) is 6.58 Å². The number of amides is 2. The fourth-order valence-electron chi connectivity index (χ4n) is 2.50. The predicted molar refractivity (Wildman–Crippen MR) is 104 cm³/mol. The van der Waals surface area contributed by atoms with Gasteiger partial charge in [-0.25, -0.2) is 8.78 Å². The number of carbonyl (C=O) groups is 2. The molecule has 0 atom stereocenters. The Balaban J connectivity index is 1.96. The van der Waals surface area contributed by atoms with Crippen LogP contribution >= 0.6 is 12.2 Å². The predicted octanol–water partition coefficient (Wildman–Crippen LogP) is 3.57. The number of carbonyl (C=O) groups excluding carboxylic acids is 2. The average molecular weight is 400 g/mol. The van der Waals surface area contributed by atoms with Gasteiger partial charge in [0.25, 0.3) is 11.8 Å². The summed E-state index contributed by atoms with van der Waals surface area (Å²) in [4.78, 5) is 26.1. The Kier molecular flexibility index (Phi) is 5.60. The van der Waals surface area contributed by atoms with Crippen LogP contribution in [0.3, 0.4) is 0 Å². The number of nitrogens with zero attached hydrogens (tertiary/aromatic N) is 1. The Morgan fingerprint density at radius 3 is 2.61 bits per heavy atom. The average Bonchev–Trinajstić information content (AvgIpc) is 2.66. The second kappa shape index (κ2) is 8.10. The fourth-order valence-corrected chi connectivity index (χ4v) is 2.75. The molecule has 0 saturated carbocycles. The van der Waals surface area contributed by atoms with Gasteiger partial charge in [0.05, 0.1) is 0 Å². The molecule has 1 N–H and O–H groups in total. The molecule has 1 heterocycles. The minimum atomic E-state index is -1.05. The van der Waals surface area contributed by atoms with Gasteiger partial charge in [-0.05, 0) is 36.5 Å². The number of nitrogens with one attached hydrogen (secondary N) is 1. The summed E-state index contributed by atoms with van der Waals surface area (Å²) in [7, 11) is 0. The molecule has 2 aromatic carbocycles. The van der Waals surface area contributed by atoms with Crippen LogP contribution in [0, 0.1) is 11.6 Å². The first-order valence-corrected chi connectivity index (χ1v) is 8.53. The Labute approximate surface area is 164 Å². The molecule has 142 valence electrons. The molecule has 2 aromatic rings. The van der Waals surface area contributed by atoms with Crippen LogP contribution in [0.15, 0.2) is 60.7 Å². The maximum atomic E-state index is 13.4. The van der Waals surface area contributed by atoms with Crippen molar-refractivity contribution in [2.45, 2.75) is 0 Å². The van der Waals surface area contributed by atoms with E-state index in [0.29, 0.717) is 5.56 Å². The smallest absolute Gasteiger partial charge is 0.265 e. The highest BCUT2D eigenvalue weighted by atomic mass is 32.1. The molecule has 8 heteroatoms. The van der Waals surface area contributed by atoms with Gasteiger partial charge >= 0.3 is 0 Å². The summed E-state index contributed by atoms with van der Waals surface area (Å²) in [5.41, 5.74) is 0.258. The van der Waals surface area contributed by atoms with Crippen LogP contribution in [0.2, 0.25) is 0 Å². The van der Waals surface area contributed by atoms with Crippen LogP contribution in [-0.2, 0) is 9.59 Å². The zero-order chi connectivity index (χ0) is 20.3. The Morgan fingerprint density at radius 2 is 1.89 bits per heavy atom. The van der Waals surface area contributed by atoms with Crippen molar-refractivity contribution >= 4 is 35.2 Å². The third kappa shape index (κ3) is 3.96. The second-order valence-corrected chi connectivity index (χ2v) is 6.12. The molecule has 0 radical (unpaired) electrons. The summed E-state index contributed by atoms with van der Waals surface area (Å²) < 4.78 is 32.1. The normalized spacial score (nSPS) is 15.6. The van der Waals surface area contributed by atoms with E-state index in [1.165, 1.54) is 23.1 Å². The lowest BCUT2D eigenvalue weighted by molar-refractivity contribution is -0.128. The van der Waals surface area contributed by atoms with Gasteiger partial charge in [0, 0.05) is 18.2 Å². The number of para-hydroxylation sites is 1. The van der Waals surface area contributed by atoms with Crippen LogP contribution in [0.5, 0.6) is 11.5 Å². The van der Waals surface area contributed by atoms with Crippen molar-refractivity contribution in [1.29, 1.82) is 0 Å². The van der Waals surface area contributed by atoms with Crippen molar-refractivity contribution in [2.75, 3.05) is 6.54 Å². The van der Waals surface area contributed by atoms with Crippen LogP contribution in [0.1, 0.15) is 5.56 Å². The van der Waals surface area contributed by atoms with Gasteiger partial charge in [-0.2, -0.15) is 0 Å². The highest BCUT2D eigenvalue weighted by Crippen LogP contribution is 2.28. The summed E-state index contributed by atoms with van der Waals surface area (Å²) in [6, 6.07) is 9.66. The van der Waals surface area contributed by atoms with Gasteiger partial charge in [0.15, 0.2) is 16.7 Å². The van der Waals surface area contributed by atoms with Gasteiger partial charge in [0.1, 0.15) is 17.1 Å². The first-order valence-electron chi connectivity index (χ1n) is 8.12. The molecule has 0 bridgehead atoms. The third-order valence-corrected chi connectivity index (χ3v) is 4.16. The van der Waals surface area contributed by atoms with Crippen LogP contribution in [0.4, 0.5) is 8.78 Å². The number of rotatable bonds is 5. The summed E-state index contributed by atoms with van der Waals surface area (Å²) in [5.74, 6) is -2.94. The zero-order valence-corrected chi connectivity index (χ0v) is 15.3. The van der Waals surface area contributed by atoms with E-state index in [9.17, 15) is 18.4 Å². The van der Waals surface area contributed by atoms with Crippen molar-refractivity contribution < 1.29 is 23.1 Å². The molecular formula is C20H14F2N2O3S. The quantitative estimate of drug-likeness (QED) is 0.361. The van der Waals surface area contributed by atoms with Gasteiger partial charge < -0.3 is 4.74 Å². The van der Waals surface area contributed by atoms with E-state index < -0.39 is 23.4 Å². The molecule has 3 rings (SSSR count). The highest BCUT2D eigenvalue weighted by molar-refractivity contribution is 7.80. The molecule has 1 aliphatic heterocycles. The van der Waals surface area contributed by atoms with E-state index in [-0.39, 0.29) is 28.7 Å². The van der Waals surface area contributed by atoms with Crippen LogP contribution in [-0.4, -0.2) is 28.4 Å². The second-order valence-electron chi connectivity index (χ2n) is 5.74. The van der Waals surface area contributed by atoms with Gasteiger partial charge in [-0.1, -0.05) is 24.3 Å². The number of hydrogen-bond acceptors (Lipinski definition) is 4. The standard InChI is InChI=1S/C20H14F2N2O3S/c1-2-9-24-19(26)14(18(25)23-20(24)28)10-12-5-3-4-6-17(12)27-13-7-8-15(21)16(22)11-13/h2-8,10-11H,1,9H2,(H,23,25,28)/b14-10+. The lowest BCUT2D eigenvalue weighted by Crippen LogP contribution is -2.53. The van der Waals surface area contributed by atoms with Crippen LogP contribution < -0.4 is 10.1 Å². The first kappa shape index (κ1) is 19.4. The van der Waals surface area contributed by atoms with Crippen molar-refractivity contribution in [3.63, 3.8) is 0 Å². The number of ether oxygens (including phenoxy) is 1. The Bertz CT molecular complexity index is 1020. The number of thiocarbonyl (C=S) groups is 1. The van der Waals surface area contributed by atoms with Gasteiger partial charge in [-0.3, -0.25) is 19.8 Å². The van der Waals surface area contributed by atoms with E-state index in [4.69, 9.17) is 17.0 Å². The maximum Gasteiger partial charge on any atom is 0.265 e. The molecule has 0 aromatic heterocycles. The number of benzene rings is 2. The SMILES string of the molecule is C=CCN1C(=O)/C(=C/c2ccccc2Oc2ccc(F)c(F)c2)C(=O)NC1=S. The van der Waals surface area contributed by atoms with Crippen molar-refractivity contribution in [3.8, 4) is 11.5 Å². The van der Waals surface area contributed by atoms with E-state index in [1.54, 1.807) is 24.3 Å². The monoisotopic (exact) mass is 400 g/mol. The molecular weight excluding hydrogens is 386 g/mol. The maximum absolute atomic E-state index is 13.4. The van der Waals surface area contributed by atoms with E-state index >= 15 is 0 Å². The van der Waals surface area contributed by atoms with E-state index in [2.05, 4.69) is 11.9 Å². The first-order chi connectivity index (χ1) is 13.4. The summed E-state index contributed by atoms with van der Waals surface area (Å²) in [5, 5.41) is 2.45. The molecule has 0 aliphatic carbocycles.